The van der Waals surface area contributed by atoms with E-state index in [0.29, 0.717) is 44.3 Å². The van der Waals surface area contributed by atoms with Crippen molar-refractivity contribution in [1.29, 1.82) is 0 Å². The molecule has 0 spiro atoms. The van der Waals surface area contributed by atoms with Crippen LogP contribution in [0.15, 0.2) is 52.4 Å². The number of piperazine rings is 1. The van der Waals surface area contributed by atoms with E-state index in [-0.39, 0.29) is 18.1 Å². The highest BCUT2D eigenvalue weighted by Gasteiger charge is 2.29. The lowest BCUT2D eigenvalue weighted by Crippen LogP contribution is -2.50. The van der Waals surface area contributed by atoms with E-state index in [4.69, 9.17) is 4.52 Å². The van der Waals surface area contributed by atoms with Gasteiger partial charge < -0.3 is 9.42 Å². The van der Waals surface area contributed by atoms with Crippen LogP contribution in [-0.2, 0) is 27.0 Å². The summed E-state index contributed by atoms with van der Waals surface area (Å²) in [5, 5.41) is 5.89. The van der Waals surface area contributed by atoms with Crippen molar-refractivity contribution >= 4 is 27.3 Å². The number of hydrogen-bond donors (Lipinski definition) is 0. The van der Waals surface area contributed by atoms with Gasteiger partial charge in [0, 0.05) is 39.0 Å². The van der Waals surface area contributed by atoms with Crippen molar-refractivity contribution in [3.63, 3.8) is 0 Å². The molecule has 2 aromatic heterocycles. The minimum atomic E-state index is -3.40. The first kappa shape index (κ1) is 20.7. The van der Waals surface area contributed by atoms with Gasteiger partial charge in [0.05, 0.1) is 10.6 Å². The number of rotatable bonds is 7. The molecule has 10 heteroatoms. The second-order valence-corrected chi connectivity index (χ2v) is 9.93. The molecule has 1 aliphatic heterocycles. The molecule has 0 unspecified atom stereocenters. The molecule has 0 aliphatic carbocycles. The minimum Gasteiger partial charge on any atom is -0.340 e. The molecule has 1 fully saturated rings. The first-order valence-electron chi connectivity index (χ1n) is 9.67. The van der Waals surface area contributed by atoms with Gasteiger partial charge in [0.1, 0.15) is 0 Å². The molecule has 3 aromatic rings. The lowest BCUT2D eigenvalue weighted by atomic mass is 10.2. The summed E-state index contributed by atoms with van der Waals surface area (Å²) < 4.78 is 32.0. The van der Waals surface area contributed by atoms with E-state index in [1.807, 2.05) is 35.7 Å². The summed E-state index contributed by atoms with van der Waals surface area (Å²) in [4.78, 5) is 19.5. The number of carbonyl (C=O) groups is 1. The monoisotopic (exact) mass is 446 g/mol. The molecule has 1 aromatic carbocycles. The van der Waals surface area contributed by atoms with Crippen molar-refractivity contribution in [3.8, 4) is 10.7 Å². The van der Waals surface area contributed by atoms with Crippen molar-refractivity contribution < 1.29 is 17.7 Å². The number of sulfonamides is 1. The number of nitrogens with zero attached hydrogens (tertiary/aromatic N) is 4. The number of aryl methyl sites for hydroxylation is 1. The molecule has 158 valence electrons. The first-order chi connectivity index (χ1) is 14.5. The van der Waals surface area contributed by atoms with Crippen LogP contribution in [0.5, 0.6) is 0 Å². The Hall–Kier alpha value is -2.56. The summed E-state index contributed by atoms with van der Waals surface area (Å²) in [6.07, 6.45) is 0.618. The average molecular weight is 447 g/mol. The Kier molecular flexibility index (Phi) is 6.26. The highest BCUT2D eigenvalue weighted by atomic mass is 32.2. The number of benzene rings is 1. The summed E-state index contributed by atoms with van der Waals surface area (Å²) >= 11 is 1.52. The van der Waals surface area contributed by atoms with E-state index < -0.39 is 10.0 Å². The van der Waals surface area contributed by atoms with Crippen LogP contribution in [0.4, 0.5) is 0 Å². The topological polar surface area (TPSA) is 96.6 Å². The zero-order valence-electron chi connectivity index (χ0n) is 16.3. The van der Waals surface area contributed by atoms with Crippen molar-refractivity contribution in [1.82, 2.24) is 19.3 Å². The smallest absolute Gasteiger partial charge is 0.227 e. The number of hydrogen-bond acceptors (Lipinski definition) is 7. The molecule has 30 heavy (non-hydrogen) atoms. The van der Waals surface area contributed by atoms with E-state index in [2.05, 4.69) is 10.1 Å². The standard InChI is InChI=1S/C20H22N4O4S2/c25-19(9-8-18-21-20(22-28-18)17-7-4-14-29-17)23-10-12-24(13-11-23)30(26,27)15-16-5-2-1-3-6-16/h1-7,14H,8-13,15H2. The van der Waals surface area contributed by atoms with E-state index in [0.717, 1.165) is 10.4 Å². The Labute approximate surface area is 179 Å². The Morgan fingerprint density at radius 2 is 1.83 bits per heavy atom. The van der Waals surface area contributed by atoms with E-state index in [9.17, 15) is 13.2 Å². The molecular weight excluding hydrogens is 424 g/mol. The zero-order chi connectivity index (χ0) is 21.0. The van der Waals surface area contributed by atoms with Crippen LogP contribution in [0.3, 0.4) is 0 Å². The maximum atomic E-state index is 12.6. The van der Waals surface area contributed by atoms with Gasteiger partial charge >= 0.3 is 0 Å². The first-order valence-corrected chi connectivity index (χ1v) is 12.2. The van der Waals surface area contributed by atoms with Crippen LogP contribution in [0.2, 0.25) is 0 Å². The number of aromatic nitrogens is 2. The van der Waals surface area contributed by atoms with Crippen molar-refractivity contribution in [2.75, 3.05) is 26.2 Å². The molecule has 0 bridgehead atoms. The van der Waals surface area contributed by atoms with Crippen molar-refractivity contribution in [3.05, 3.63) is 59.3 Å². The predicted octanol–water partition coefficient (Wildman–Crippen LogP) is 2.40. The van der Waals surface area contributed by atoms with E-state index in [1.165, 1.54) is 15.6 Å². The molecule has 1 saturated heterocycles. The van der Waals surface area contributed by atoms with Gasteiger partial charge in [0.15, 0.2) is 0 Å². The fourth-order valence-electron chi connectivity index (χ4n) is 3.33. The Bertz CT molecular complexity index is 1070. The van der Waals surface area contributed by atoms with Crippen molar-refractivity contribution in [2.24, 2.45) is 0 Å². The third-order valence-corrected chi connectivity index (χ3v) is 7.65. The van der Waals surface area contributed by atoms with Gasteiger partial charge in [-0.3, -0.25) is 4.79 Å². The van der Waals surface area contributed by atoms with Gasteiger partial charge in [-0.1, -0.05) is 41.6 Å². The maximum Gasteiger partial charge on any atom is 0.227 e. The van der Waals surface area contributed by atoms with Gasteiger partial charge in [-0.15, -0.1) is 11.3 Å². The highest BCUT2D eigenvalue weighted by molar-refractivity contribution is 7.88. The minimum absolute atomic E-state index is 0.0223. The molecule has 3 heterocycles. The third kappa shape index (κ3) is 4.94. The summed E-state index contributed by atoms with van der Waals surface area (Å²) in [6, 6.07) is 13.0. The fourth-order valence-corrected chi connectivity index (χ4v) is 5.49. The number of thiophene rings is 1. The molecule has 0 radical (unpaired) electrons. The lowest BCUT2D eigenvalue weighted by molar-refractivity contribution is -0.132. The molecule has 0 N–H and O–H groups in total. The predicted molar refractivity (Wildman–Crippen MR) is 113 cm³/mol. The second kappa shape index (κ2) is 9.07. The van der Waals surface area contributed by atoms with Crippen LogP contribution in [-0.4, -0.2) is 59.8 Å². The number of amides is 1. The SMILES string of the molecule is O=C(CCc1nc(-c2cccs2)no1)N1CCN(S(=O)(=O)Cc2ccccc2)CC1. The third-order valence-electron chi connectivity index (χ3n) is 4.94. The summed E-state index contributed by atoms with van der Waals surface area (Å²) in [7, 11) is -3.40. The molecular formula is C20H22N4O4S2. The molecule has 4 rings (SSSR count). The molecule has 8 nitrogen and oxygen atoms in total. The van der Waals surface area contributed by atoms with Crippen molar-refractivity contribution in [2.45, 2.75) is 18.6 Å². The Morgan fingerprint density at radius 3 is 2.53 bits per heavy atom. The average Bonchev–Trinajstić information content (AvgIpc) is 3.44. The Balaban J connectivity index is 1.26. The largest absolute Gasteiger partial charge is 0.340 e. The summed E-state index contributed by atoms with van der Waals surface area (Å²) in [5.41, 5.74) is 0.762. The fraction of sp³-hybridized carbons (Fsp3) is 0.350. The van der Waals surface area contributed by atoms with Crippen LogP contribution >= 0.6 is 11.3 Å². The van der Waals surface area contributed by atoms with Crippen LogP contribution in [0.25, 0.3) is 10.7 Å². The highest BCUT2D eigenvalue weighted by Crippen LogP contribution is 2.21. The van der Waals surface area contributed by atoms with Gasteiger partial charge in [0.25, 0.3) is 0 Å². The maximum absolute atomic E-state index is 12.6. The van der Waals surface area contributed by atoms with Gasteiger partial charge in [-0.2, -0.15) is 9.29 Å². The molecule has 0 saturated carbocycles. The van der Waals surface area contributed by atoms with Crippen LogP contribution < -0.4 is 0 Å². The second-order valence-electron chi connectivity index (χ2n) is 7.01. The summed E-state index contributed by atoms with van der Waals surface area (Å²) in [5.74, 6) is 0.900. The summed E-state index contributed by atoms with van der Waals surface area (Å²) in [6.45, 7) is 1.39. The molecule has 0 atom stereocenters. The lowest BCUT2D eigenvalue weighted by Gasteiger charge is -2.34. The zero-order valence-corrected chi connectivity index (χ0v) is 17.9. The normalized spacial score (nSPS) is 15.4. The van der Waals surface area contributed by atoms with Gasteiger partial charge in [-0.25, -0.2) is 8.42 Å². The Morgan fingerprint density at radius 1 is 1.07 bits per heavy atom. The van der Waals surface area contributed by atoms with E-state index >= 15 is 0 Å². The molecule has 1 amide bonds. The van der Waals surface area contributed by atoms with Crippen LogP contribution in [0.1, 0.15) is 17.9 Å². The van der Waals surface area contributed by atoms with Gasteiger partial charge in [0.2, 0.25) is 27.6 Å². The quantitative estimate of drug-likeness (QED) is 0.553. The molecule has 1 aliphatic rings. The van der Waals surface area contributed by atoms with E-state index in [1.54, 1.807) is 17.0 Å². The number of carbonyl (C=O) groups excluding carboxylic acids is 1. The van der Waals surface area contributed by atoms with Gasteiger partial charge in [-0.05, 0) is 17.0 Å². The van der Waals surface area contributed by atoms with Crippen LogP contribution in [0, 0.1) is 0 Å².